The monoisotopic (exact) mass is 604 g/mol. The first kappa shape index (κ1) is 30.8. The molecule has 0 saturated carbocycles. The van der Waals surface area contributed by atoms with Gasteiger partial charge in [0.15, 0.2) is 0 Å². The van der Waals surface area contributed by atoms with Crippen LogP contribution >= 0.6 is 0 Å². The Morgan fingerprint density at radius 3 is 2.49 bits per heavy atom. The van der Waals surface area contributed by atoms with Crippen LogP contribution in [0.15, 0.2) is 91.1 Å². The van der Waals surface area contributed by atoms with E-state index in [0.717, 1.165) is 54.1 Å². The molecule has 0 aliphatic carbocycles. The van der Waals surface area contributed by atoms with Gasteiger partial charge in [0.2, 0.25) is 0 Å². The number of hydrogen-bond donors (Lipinski definition) is 1. The number of ether oxygens (including phenoxy) is 1. The number of benzene rings is 3. The van der Waals surface area contributed by atoms with Crippen molar-refractivity contribution in [2.75, 3.05) is 32.8 Å². The summed E-state index contributed by atoms with van der Waals surface area (Å²) in [7, 11) is 0. The third kappa shape index (κ3) is 8.50. The smallest absolute Gasteiger partial charge is 0.254 e. The number of amides is 1. The van der Waals surface area contributed by atoms with Gasteiger partial charge in [-0.15, -0.1) is 0 Å². The molecule has 0 bridgehead atoms. The maximum atomic E-state index is 13.4. The van der Waals surface area contributed by atoms with E-state index in [9.17, 15) is 9.90 Å². The van der Waals surface area contributed by atoms with Crippen LogP contribution in [0.5, 0.6) is 11.5 Å². The molecular formula is C38H44N4O3. The molecule has 0 spiro atoms. The van der Waals surface area contributed by atoms with Gasteiger partial charge in [0.1, 0.15) is 11.5 Å². The summed E-state index contributed by atoms with van der Waals surface area (Å²) >= 11 is 0. The highest BCUT2D eigenvalue weighted by Crippen LogP contribution is 2.25. The first-order chi connectivity index (χ1) is 22.1. The van der Waals surface area contributed by atoms with E-state index in [-0.39, 0.29) is 11.7 Å². The van der Waals surface area contributed by atoms with Crippen molar-refractivity contribution in [1.29, 1.82) is 0 Å². The maximum Gasteiger partial charge on any atom is 0.254 e. The number of para-hydroxylation sites is 1. The van der Waals surface area contributed by atoms with Gasteiger partial charge in [-0.25, -0.2) is 0 Å². The van der Waals surface area contributed by atoms with Crippen molar-refractivity contribution in [2.45, 2.75) is 58.3 Å². The van der Waals surface area contributed by atoms with Crippen molar-refractivity contribution in [3.8, 4) is 11.5 Å². The molecule has 1 N–H and O–H groups in total. The summed E-state index contributed by atoms with van der Waals surface area (Å²) < 4.78 is 6.33. The molecule has 7 heteroatoms. The van der Waals surface area contributed by atoms with Gasteiger partial charge in [-0.3, -0.25) is 14.7 Å². The Kier molecular flexibility index (Phi) is 10.4. The van der Waals surface area contributed by atoms with Crippen LogP contribution in [0.2, 0.25) is 0 Å². The fourth-order valence-electron chi connectivity index (χ4n) is 6.47. The largest absolute Gasteiger partial charge is 0.508 e. The summed E-state index contributed by atoms with van der Waals surface area (Å²) in [4.78, 5) is 24.8. The SMILES string of the molecule is O=C(c1ccc(CN(Cc2ccccn2)Cc2ccccc2OCCCN2CCCCC2)cc1)N1CCc2ccc(O)cc2C1. The molecule has 7 nitrogen and oxygen atoms in total. The summed E-state index contributed by atoms with van der Waals surface area (Å²) in [6, 6.07) is 27.8. The molecule has 1 fully saturated rings. The summed E-state index contributed by atoms with van der Waals surface area (Å²) in [5.41, 5.74) is 6.21. The Hall–Kier alpha value is -4.20. The zero-order chi connectivity index (χ0) is 30.8. The van der Waals surface area contributed by atoms with Crippen LogP contribution in [0.3, 0.4) is 0 Å². The fourth-order valence-corrected chi connectivity index (χ4v) is 6.47. The van der Waals surface area contributed by atoms with Crippen LogP contribution in [-0.2, 0) is 32.6 Å². The first-order valence-electron chi connectivity index (χ1n) is 16.3. The van der Waals surface area contributed by atoms with E-state index in [4.69, 9.17) is 4.74 Å². The van der Waals surface area contributed by atoms with Gasteiger partial charge in [-0.2, -0.15) is 0 Å². The van der Waals surface area contributed by atoms with Crippen LogP contribution in [0.25, 0.3) is 0 Å². The molecule has 0 atom stereocenters. The highest BCUT2D eigenvalue weighted by Gasteiger charge is 2.22. The molecule has 234 valence electrons. The van der Waals surface area contributed by atoms with E-state index in [1.807, 2.05) is 47.5 Å². The Balaban J connectivity index is 1.10. The summed E-state index contributed by atoms with van der Waals surface area (Å²) in [6.45, 7) is 7.57. The third-order valence-electron chi connectivity index (χ3n) is 8.90. The maximum absolute atomic E-state index is 13.4. The predicted octanol–water partition coefficient (Wildman–Crippen LogP) is 6.44. The Bertz CT molecular complexity index is 1540. The second-order valence-corrected chi connectivity index (χ2v) is 12.3. The minimum Gasteiger partial charge on any atom is -0.508 e. The lowest BCUT2D eigenvalue weighted by molar-refractivity contribution is 0.0734. The number of aromatic nitrogens is 1. The Morgan fingerprint density at radius 1 is 0.844 bits per heavy atom. The molecule has 1 saturated heterocycles. The van der Waals surface area contributed by atoms with Gasteiger partial charge in [0.05, 0.1) is 12.3 Å². The number of carbonyl (C=O) groups excluding carboxylic acids is 1. The van der Waals surface area contributed by atoms with Crippen LogP contribution in [0.4, 0.5) is 0 Å². The topological polar surface area (TPSA) is 69.1 Å². The first-order valence-corrected chi connectivity index (χ1v) is 16.3. The van der Waals surface area contributed by atoms with Gasteiger partial charge in [-0.05, 0) is 97.9 Å². The molecule has 1 aromatic heterocycles. The van der Waals surface area contributed by atoms with E-state index in [1.54, 1.807) is 12.1 Å². The molecule has 2 aliphatic rings. The zero-order valence-corrected chi connectivity index (χ0v) is 26.1. The number of hydrogen-bond acceptors (Lipinski definition) is 6. The normalized spacial score (nSPS) is 15.2. The van der Waals surface area contributed by atoms with Crippen molar-refractivity contribution >= 4 is 5.91 Å². The molecular weight excluding hydrogens is 560 g/mol. The molecule has 3 aromatic carbocycles. The average molecular weight is 605 g/mol. The molecule has 45 heavy (non-hydrogen) atoms. The number of rotatable bonds is 12. The van der Waals surface area contributed by atoms with Crippen LogP contribution in [0, 0.1) is 0 Å². The predicted molar refractivity (Wildman–Crippen MR) is 177 cm³/mol. The number of phenols is 1. The molecule has 6 rings (SSSR count). The molecule has 2 aliphatic heterocycles. The number of pyridine rings is 1. The number of piperidine rings is 1. The van der Waals surface area contributed by atoms with Gasteiger partial charge >= 0.3 is 0 Å². The van der Waals surface area contributed by atoms with Crippen molar-refractivity contribution in [3.05, 3.63) is 125 Å². The molecule has 0 radical (unpaired) electrons. The van der Waals surface area contributed by atoms with E-state index < -0.39 is 0 Å². The van der Waals surface area contributed by atoms with Gasteiger partial charge < -0.3 is 19.6 Å². The lowest BCUT2D eigenvalue weighted by atomic mass is 9.98. The summed E-state index contributed by atoms with van der Waals surface area (Å²) in [5, 5.41) is 9.91. The average Bonchev–Trinajstić information content (AvgIpc) is 3.08. The van der Waals surface area contributed by atoms with Crippen LogP contribution in [0.1, 0.15) is 64.0 Å². The Labute approximate surface area is 267 Å². The van der Waals surface area contributed by atoms with Gasteiger partial charge in [-0.1, -0.05) is 48.9 Å². The van der Waals surface area contributed by atoms with E-state index in [1.165, 1.54) is 37.9 Å². The molecule has 4 aromatic rings. The van der Waals surface area contributed by atoms with Crippen molar-refractivity contribution < 1.29 is 14.6 Å². The lowest BCUT2D eigenvalue weighted by Gasteiger charge is -2.29. The summed E-state index contributed by atoms with van der Waals surface area (Å²) in [6.07, 6.45) is 7.66. The highest BCUT2D eigenvalue weighted by atomic mass is 16.5. The standard InChI is InChI=1S/C38H44N4O3/c43-36-17-16-31-18-23-42(28-34(31)25-36)38(44)32-14-12-30(13-15-32)26-41(29-35-10-4-5-19-39-35)27-33-9-2-3-11-37(33)45-24-8-22-40-20-6-1-7-21-40/h2-5,9-17,19,25,43H,1,6-8,18,20-24,26-29H2. The number of carbonyl (C=O) groups is 1. The van der Waals surface area contributed by atoms with Crippen LogP contribution in [-0.4, -0.2) is 63.5 Å². The van der Waals surface area contributed by atoms with Crippen molar-refractivity contribution in [1.82, 2.24) is 19.7 Å². The fraction of sp³-hybridized carbons (Fsp3) is 0.368. The molecule has 3 heterocycles. The van der Waals surface area contributed by atoms with Crippen molar-refractivity contribution in [2.24, 2.45) is 0 Å². The number of aromatic hydroxyl groups is 1. The summed E-state index contributed by atoms with van der Waals surface area (Å²) in [5.74, 6) is 1.21. The second-order valence-electron chi connectivity index (χ2n) is 12.3. The third-order valence-corrected chi connectivity index (χ3v) is 8.90. The number of phenolic OH excluding ortho intramolecular Hbond substituents is 1. The highest BCUT2D eigenvalue weighted by molar-refractivity contribution is 5.94. The second kappa shape index (κ2) is 15.2. The Morgan fingerprint density at radius 2 is 1.67 bits per heavy atom. The van der Waals surface area contributed by atoms with E-state index in [0.29, 0.717) is 38.3 Å². The van der Waals surface area contributed by atoms with E-state index >= 15 is 0 Å². The quantitative estimate of drug-likeness (QED) is 0.188. The molecule has 0 unspecified atom stereocenters. The van der Waals surface area contributed by atoms with Gasteiger partial charge in [0.25, 0.3) is 5.91 Å². The molecule has 1 amide bonds. The lowest BCUT2D eigenvalue weighted by Crippen LogP contribution is -2.35. The number of nitrogens with zero attached hydrogens (tertiary/aromatic N) is 4. The number of likely N-dealkylation sites (tertiary alicyclic amines) is 1. The van der Waals surface area contributed by atoms with Crippen LogP contribution < -0.4 is 4.74 Å². The number of fused-ring (bicyclic) bond motifs is 1. The van der Waals surface area contributed by atoms with E-state index in [2.05, 4.69) is 51.2 Å². The van der Waals surface area contributed by atoms with Crippen molar-refractivity contribution in [3.63, 3.8) is 0 Å². The minimum atomic E-state index is 0.0206. The minimum absolute atomic E-state index is 0.0206. The zero-order valence-electron chi connectivity index (χ0n) is 26.1. The van der Waals surface area contributed by atoms with Gasteiger partial charge in [0, 0.05) is 56.6 Å².